The van der Waals surface area contributed by atoms with Gasteiger partial charge in [0.25, 0.3) is 0 Å². The van der Waals surface area contributed by atoms with E-state index in [0.717, 1.165) is 6.54 Å². The Kier molecular flexibility index (Phi) is 2.99. The number of rotatable bonds is 2. The summed E-state index contributed by atoms with van der Waals surface area (Å²) in [6.45, 7) is 1.12. The van der Waals surface area contributed by atoms with E-state index in [1.165, 1.54) is 24.8 Å². The number of hydrogen-bond acceptors (Lipinski definition) is 3. The van der Waals surface area contributed by atoms with Gasteiger partial charge in [0.05, 0.1) is 7.11 Å². The third-order valence-electron chi connectivity index (χ3n) is 2.68. The summed E-state index contributed by atoms with van der Waals surface area (Å²) < 4.78 is 5.11. The molecular formula is C11H16N2O. The molecule has 1 fully saturated rings. The van der Waals surface area contributed by atoms with Crippen LogP contribution in [0.25, 0.3) is 0 Å². The molecule has 1 aromatic rings. The van der Waals surface area contributed by atoms with Gasteiger partial charge in [0.2, 0.25) is 5.88 Å². The molecule has 2 heterocycles. The zero-order valence-corrected chi connectivity index (χ0v) is 8.49. The molecule has 0 radical (unpaired) electrons. The average molecular weight is 192 g/mol. The van der Waals surface area contributed by atoms with Crippen LogP contribution in [0, 0.1) is 0 Å². The van der Waals surface area contributed by atoms with Crippen LogP contribution >= 0.6 is 0 Å². The molecule has 2 rings (SSSR count). The Morgan fingerprint density at radius 3 is 3.14 bits per heavy atom. The molecule has 1 aliphatic rings. The number of piperidine rings is 1. The van der Waals surface area contributed by atoms with Gasteiger partial charge in [-0.05, 0) is 31.0 Å². The van der Waals surface area contributed by atoms with Crippen molar-refractivity contribution in [3.63, 3.8) is 0 Å². The fourth-order valence-corrected chi connectivity index (χ4v) is 1.89. The summed E-state index contributed by atoms with van der Waals surface area (Å²) >= 11 is 0. The maximum atomic E-state index is 5.11. The van der Waals surface area contributed by atoms with Crippen LogP contribution < -0.4 is 10.1 Å². The van der Waals surface area contributed by atoms with Gasteiger partial charge >= 0.3 is 0 Å². The Balaban J connectivity index is 2.13. The molecule has 3 nitrogen and oxygen atoms in total. The minimum absolute atomic E-state index is 0.487. The molecule has 0 aliphatic carbocycles. The second kappa shape index (κ2) is 4.42. The number of pyridine rings is 1. The number of aromatic nitrogens is 1. The Hall–Kier alpha value is -1.09. The Morgan fingerprint density at radius 1 is 1.50 bits per heavy atom. The Bertz CT molecular complexity index is 295. The molecule has 0 amide bonds. The maximum Gasteiger partial charge on any atom is 0.213 e. The Labute approximate surface area is 84.5 Å². The summed E-state index contributed by atoms with van der Waals surface area (Å²) in [5.41, 5.74) is 1.29. The summed E-state index contributed by atoms with van der Waals surface area (Å²) in [5, 5.41) is 3.50. The first-order chi connectivity index (χ1) is 6.90. The lowest BCUT2D eigenvalue weighted by Crippen LogP contribution is -2.26. The van der Waals surface area contributed by atoms with E-state index in [1.54, 1.807) is 7.11 Å². The van der Waals surface area contributed by atoms with Crippen LogP contribution in [0.2, 0.25) is 0 Å². The predicted octanol–water partition coefficient (Wildman–Crippen LogP) is 1.90. The summed E-state index contributed by atoms with van der Waals surface area (Å²) in [5.74, 6) is 0.704. The van der Waals surface area contributed by atoms with Crippen LogP contribution in [-0.4, -0.2) is 18.6 Å². The SMILES string of the molecule is COc1cc(C2CCCCN2)ccn1. The van der Waals surface area contributed by atoms with Gasteiger partial charge in [0, 0.05) is 18.3 Å². The van der Waals surface area contributed by atoms with Crippen molar-refractivity contribution in [1.29, 1.82) is 0 Å². The molecule has 1 saturated heterocycles. The third kappa shape index (κ3) is 2.04. The zero-order valence-electron chi connectivity index (χ0n) is 8.49. The minimum Gasteiger partial charge on any atom is -0.481 e. The molecule has 1 N–H and O–H groups in total. The van der Waals surface area contributed by atoms with Crippen molar-refractivity contribution >= 4 is 0 Å². The first kappa shape index (κ1) is 9.46. The van der Waals surface area contributed by atoms with Crippen LogP contribution in [0.5, 0.6) is 5.88 Å². The van der Waals surface area contributed by atoms with Crippen molar-refractivity contribution in [3.8, 4) is 5.88 Å². The fourth-order valence-electron chi connectivity index (χ4n) is 1.89. The Morgan fingerprint density at radius 2 is 2.43 bits per heavy atom. The van der Waals surface area contributed by atoms with Crippen molar-refractivity contribution in [2.75, 3.05) is 13.7 Å². The molecule has 0 aromatic carbocycles. The van der Waals surface area contributed by atoms with E-state index in [-0.39, 0.29) is 0 Å². The van der Waals surface area contributed by atoms with Crippen molar-refractivity contribution in [3.05, 3.63) is 23.9 Å². The normalized spacial score (nSPS) is 21.9. The topological polar surface area (TPSA) is 34.1 Å². The highest BCUT2D eigenvalue weighted by Gasteiger charge is 2.14. The first-order valence-electron chi connectivity index (χ1n) is 5.13. The van der Waals surface area contributed by atoms with Crippen molar-refractivity contribution in [2.45, 2.75) is 25.3 Å². The summed E-state index contributed by atoms with van der Waals surface area (Å²) in [6, 6.07) is 4.56. The van der Waals surface area contributed by atoms with Gasteiger partial charge < -0.3 is 10.1 Å². The van der Waals surface area contributed by atoms with Crippen LogP contribution in [0.4, 0.5) is 0 Å². The largest absolute Gasteiger partial charge is 0.481 e. The predicted molar refractivity (Wildman–Crippen MR) is 55.4 cm³/mol. The van der Waals surface area contributed by atoms with Gasteiger partial charge in [0.1, 0.15) is 0 Å². The monoisotopic (exact) mass is 192 g/mol. The van der Waals surface area contributed by atoms with E-state index in [4.69, 9.17) is 4.74 Å². The number of hydrogen-bond donors (Lipinski definition) is 1. The first-order valence-corrected chi connectivity index (χ1v) is 5.13. The van der Waals surface area contributed by atoms with Crippen molar-refractivity contribution in [1.82, 2.24) is 10.3 Å². The third-order valence-corrected chi connectivity index (χ3v) is 2.68. The van der Waals surface area contributed by atoms with Crippen molar-refractivity contribution in [2.24, 2.45) is 0 Å². The van der Waals surface area contributed by atoms with E-state index in [0.29, 0.717) is 11.9 Å². The smallest absolute Gasteiger partial charge is 0.213 e. The molecule has 0 spiro atoms. The van der Waals surface area contributed by atoms with Gasteiger partial charge in [-0.3, -0.25) is 0 Å². The van der Waals surface area contributed by atoms with E-state index in [2.05, 4.69) is 16.4 Å². The summed E-state index contributed by atoms with van der Waals surface area (Å²) in [7, 11) is 1.65. The van der Waals surface area contributed by atoms with Gasteiger partial charge in [-0.25, -0.2) is 4.98 Å². The maximum absolute atomic E-state index is 5.11. The molecule has 1 aromatic heterocycles. The zero-order chi connectivity index (χ0) is 9.80. The average Bonchev–Trinajstić information content (AvgIpc) is 2.30. The van der Waals surface area contributed by atoms with E-state index in [1.807, 2.05) is 12.3 Å². The van der Waals surface area contributed by atoms with Gasteiger partial charge in [-0.1, -0.05) is 6.42 Å². The lowest BCUT2D eigenvalue weighted by atomic mass is 9.98. The number of nitrogens with zero attached hydrogens (tertiary/aromatic N) is 1. The van der Waals surface area contributed by atoms with Crippen molar-refractivity contribution < 1.29 is 4.74 Å². The molecule has 1 aliphatic heterocycles. The van der Waals surface area contributed by atoms with E-state index in [9.17, 15) is 0 Å². The fraction of sp³-hybridized carbons (Fsp3) is 0.545. The van der Waals surface area contributed by atoms with Gasteiger partial charge in [0.15, 0.2) is 0 Å². The van der Waals surface area contributed by atoms with Crippen LogP contribution in [0.1, 0.15) is 30.9 Å². The van der Waals surface area contributed by atoms with Gasteiger partial charge in [-0.15, -0.1) is 0 Å². The summed E-state index contributed by atoms with van der Waals surface area (Å²) in [4.78, 5) is 4.10. The molecule has 1 atom stereocenters. The molecular weight excluding hydrogens is 176 g/mol. The molecule has 0 saturated carbocycles. The quantitative estimate of drug-likeness (QED) is 0.777. The highest BCUT2D eigenvalue weighted by molar-refractivity contribution is 5.23. The van der Waals surface area contributed by atoms with Crippen LogP contribution in [0.15, 0.2) is 18.3 Å². The molecule has 76 valence electrons. The molecule has 3 heteroatoms. The second-order valence-electron chi connectivity index (χ2n) is 3.63. The van der Waals surface area contributed by atoms with Crippen LogP contribution in [0.3, 0.4) is 0 Å². The highest BCUT2D eigenvalue weighted by atomic mass is 16.5. The molecule has 0 bridgehead atoms. The van der Waals surface area contributed by atoms with E-state index >= 15 is 0 Å². The number of nitrogens with one attached hydrogen (secondary N) is 1. The summed E-state index contributed by atoms with van der Waals surface area (Å²) in [6.07, 6.45) is 5.62. The minimum atomic E-state index is 0.487. The van der Waals surface area contributed by atoms with Crippen LogP contribution in [-0.2, 0) is 0 Å². The second-order valence-corrected chi connectivity index (χ2v) is 3.63. The molecule has 1 unspecified atom stereocenters. The molecule has 14 heavy (non-hydrogen) atoms. The highest BCUT2D eigenvalue weighted by Crippen LogP contribution is 2.24. The lowest BCUT2D eigenvalue weighted by Gasteiger charge is -2.23. The lowest BCUT2D eigenvalue weighted by molar-refractivity contribution is 0.388. The van der Waals surface area contributed by atoms with E-state index < -0.39 is 0 Å². The number of ether oxygens (including phenoxy) is 1. The standard InChI is InChI=1S/C11H16N2O/c1-14-11-8-9(5-7-13-11)10-4-2-3-6-12-10/h5,7-8,10,12H,2-4,6H2,1H3. The van der Waals surface area contributed by atoms with Gasteiger partial charge in [-0.2, -0.15) is 0 Å². The number of methoxy groups -OCH3 is 1.